The van der Waals surface area contributed by atoms with E-state index in [0.29, 0.717) is 24.9 Å². The van der Waals surface area contributed by atoms with Crippen molar-refractivity contribution in [3.05, 3.63) is 29.3 Å². The molecule has 0 fully saturated rings. The molecule has 2 aliphatic rings. The molecule has 0 saturated carbocycles. The number of allylic oxidation sites excluding steroid dienone is 2. The van der Waals surface area contributed by atoms with Crippen LogP contribution in [0.25, 0.3) is 0 Å². The Bertz CT molecular complexity index is 633. The van der Waals surface area contributed by atoms with Crippen LogP contribution in [0.15, 0.2) is 23.8 Å². The Morgan fingerprint density at radius 2 is 2.08 bits per heavy atom. The summed E-state index contributed by atoms with van der Waals surface area (Å²) >= 11 is 0. The topological polar surface area (TPSA) is 47.9 Å². The highest BCUT2D eigenvalue weighted by molar-refractivity contribution is 5.55. The average molecular weight is 332 g/mol. The Labute approximate surface area is 144 Å². The first-order valence-electron chi connectivity index (χ1n) is 8.77. The maximum Gasteiger partial charge on any atom is 0.131 e. The molecule has 0 aromatic heterocycles. The molecule has 1 aliphatic carbocycles. The lowest BCUT2D eigenvalue weighted by molar-refractivity contribution is 0.0105. The van der Waals surface area contributed by atoms with Crippen molar-refractivity contribution < 1.29 is 19.3 Å². The first-order chi connectivity index (χ1) is 11.4. The van der Waals surface area contributed by atoms with Crippen LogP contribution in [0.4, 0.5) is 0 Å². The van der Waals surface area contributed by atoms with E-state index in [1.807, 2.05) is 6.07 Å². The SMILES string of the molecule is COCCCOc1cc(O)c2c(c1)OC(C)(C)C1CCC(C)=CC21. The maximum atomic E-state index is 10.6. The number of ether oxygens (including phenoxy) is 3. The molecular formula is C20H28O4. The smallest absolute Gasteiger partial charge is 0.131 e. The van der Waals surface area contributed by atoms with E-state index >= 15 is 0 Å². The largest absolute Gasteiger partial charge is 0.507 e. The molecule has 0 saturated heterocycles. The molecule has 1 aliphatic heterocycles. The Kier molecular flexibility index (Phi) is 4.77. The molecule has 24 heavy (non-hydrogen) atoms. The summed E-state index contributed by atoms with van der Waals surface area (Å²) in [6.45, 7) is 7.67. The van der Waals surface area contributed by atoms with Gasteiger partial charge in [0.15, 0.2) is 0 Å². The fraction of sp³-hybridized carbons (Fsp3) is 0.600. The zero-order valence-electron chi connectivity index (χ0n) is 15.1. The van der Waals surface area contributed by atoms with E-state index in [-0.39, 0.29) is 17.3 Å². The monoisotopic (exact) mass is 332 g/mol. The second kappa shape index (κ2) is 6.67. The lowest BCUT2D eigenvalue weighted by Gasteiger charge is -2.46. The zero-order valence-corrected chi connectivity index (χ0v) is 15.1. The van der Waals surface area contributed by atoms with Crippen LogP contribution in [0, 0.1) is 5.92 Å². The summed E-state index contributed by atoms with van der Waals surface area (Å²) in [5.41, 5.74) is 2.04. The third kappa shape index (κ3) is 3.25. The fourth-order valence-corrected chi connectivity index (χ4v) is 3.98. The number of aromatic hydroxyl groups is 1. The van der Waals surface area contributed by atoms with Gasteiger partial charge in [0.1, 0.15) is 22.8 Å². The first kappa shape index (κ1) is 17.2. The maximum absolute atomic E-state index is 10.6. The molecule has 1 N–H and O–H groups in total. The van der Waals surface area contributed by atoms with Crippen molar-refractivity contribution in [1.29, 1.82) is 0 Å². The van der Waals surface area contributed by atoms with Gasteiger partial charge in [-0.2, -0.15) is 0 Å². The number of benzene rings is 1. The molecule has 0 spiro atoms. The number of hydrogen-bond acceptors (Lipinski definition) is 4. The molecule has 1 heterocycles. The number of fused-ring (bicyclic) bond motifs is 3. The number of phenols is 1. The van der Waals surface area contributed by atoms with Crippen LogP contribution < -0.4 is 9.47 Å². The van der Waals surface area contributed by atoms with E-state index < -0.39 is 0 Å². The number of phenolic OH excluding ortho intramolecular Hbond substituents is 1. The molecule has 4 heteroatoms. The third-order valence-electron chi connectivity index (χ3n) is 5.20. The van der Waals surface area contributed by atoms with Gasteiger partial charge >= 0.3 is 0 Å². The van der Waals surface area contributed by atoms with Crippen LogP contribution in [0.1, 0.15) is 51.5 Å². The second-order valence-electron chi connectivity index (χ2n) is 7.44. The van der Waals surface area contributed by atoms with Gasteiger partial charge in [-0.25, -0.2) is 0 Å². The van der Waals surface area contributed by atoms with Gasteiger partial charge in [-0.15, -0.1) is 0 Å². The van der Waals surface area contributed by atoms with Gasteiger partial charge in [-0.1, -0.05) is 11.6 Å². The minimum absolute atomic E-state index is 0.208. The molecular weight excluding hydrogens is 304 g/mol. The van der Waals surface area contributed by atoms with Gasteiger partial charge in [0.2, 0.25) is 0 Å². The number of hydrogen-bond donors (Lipinski definition) is 1. The Hall–Kier alpha value is -1.68. The molecule has 4 nitrogen and oxygen atoms in total. The summed E-state index contributed by atoms with van der Waals surface area (Å²) in [5.74, 6) is 2.25. The van der Waals surface area contributed by atoms with Gasteiger partial charge in [0.25, 0.3) is 0 Å². The zero-order chi connectivity index (χ0) is 17.3. The van der Waals surface area contributed by atoms with Crippen LogP contribution in [0.2, 0.25) is 0 Å². The lowest BCUT2D eigenvalue weighted by atomic mass is 9.68. The van der Waals surface area contributed by atoms with Crippen molar-refractivity contribution in [2.24, 2.45) is 5.92 Å². The third-order valence-corrected chi connectivity index (χ3v) is 5.20. The molecule has 0 radical (unpaired) electrons. The standard InChI is InChI=1S/C20H28O4/c1-13-6-7-16-15(10-13)19-17(21)11-14(23-9-5-8-22-4)12-18(19)24-20(16,2)3/h10-12,15-16,21H,5-9H2,1-4H3. The second-order valence-corrected chi connectivity index (χ2v) is 7.44. The molecule has 3 rings (SSSR count). The first-order valence-corrected chi connectivity index (χ1v) is 8.77. The van der Waals surface area contributed by atoms with Gasteiger partial charge in [0, 0.05) is 49.7 Å². The van der Waals surface area contributed by atoms with Crippen LogP contribution in [0.3, 0.4) is 0 Å². The summed E-state index contributed by atoms with van der Waals surface area (Å²) in [7, 11) is 1.68. The molecule has 132 valence electrons. The Balaban J connectivity index is 1.91. The molecule has 1 aromatic carbocycles. The molecule has 1 aromatic rings. The quantitative estimate of drug-likeness (QED) is 0.640. The highest BCUT2D eigenvalue weighted by atomic mass is 16.5. The predicted octanol–water partition coefficient (Wildman–Crippen LogP) is 4.42. The van der Waals surface area contributed by atoms with Crippen molar-refractivity contribution in [2.45, 2.75) is 51.6 Å². The lowest BCUT2D eigenvalue weighted by Crippen LogP contribution is -2.45. The van der Waals surface area contributed by atoms with Crippen molar-refractivity contribution >= 4 is 0 Å². The summed E-state index contributed by atoms with van der Waals surface area (Å²) < 4.78 is 17.1. The minimum Gasteiger partial charge on any atom is -0.507 e. The van der Waals surface area contributed by atoms with E-state index in [1.54, 1.807) is 13.2 Å². The van der Waals surface area contributed by atoms with E-state index in [0.717, 1.165) is 30.6 Å². The van der Waals surface area contributed by atoms with Gasteiger partial charge in [-0.3, -0.25) is 0 Å². The number of methoxy groups -OCH3 is 1. The summed E-state index contributed by atoms with van der Waals surface area (Å²) in [6, 6.07) is 3.62. The molecule has 0 bridgehead atoms. The van der Waals surface area contributed by atoms with E-state index in [4.69, 9.17) is 14.2 Å². The Morgan fingerprint density at radius 1 is 1.29 bits per heavy atom. The Morgan fingerprint density at radius 3 is 2.83 bits per heavy atom. The number of rotatable bonds is 5. The van der Waals surface area contributed by atoms with Crippen LogP contribution in [-0.4, -0.2) is 31.0 Å². The van der Waals surface area contributed by atoms with Gasteiger partial charge in [-0.05, 0) is 33.6 Å². The van der Waals surface area contributed by atoms with E-state index in [1.165, 1.54) is 5.57 Å². The van der Waals surface area contributed by atoms with Gasteiger partial charge in [0.05, 0.1) is 6.61 Å². The van der Waals surface area contributed by atoms with Gasteiger partial charge < -0.3 is 19.3 Å². The molecule has 0 amide bonds. The van der Waals surface area contributed by atoms with Crippen molar-refractivity contribution in [3.8, 4) is 17.2 Å². The molecule has 2 unspecified atom stereocenters. The molecule has 2 atom stereocenters. The normalized spacial score (nSPS) is 24.4. The fourth-order valence-electron chi connectivity index (χ4n) is 3.98. The van der Waals surface area contributed by atoms with Crippen molar-refractivity contribution in [1.82, 2.24) is 0 Å². The highest BCUT2D eigenvalue weighted by Gasteiger charge is 2.45. The van der Waals surface area contributed by atoms with Crippen LogP contribution >= 0.6 is 0 Å². The minimum atomic E-state index is -0.254. The van der Waals surface area contributed by atoms with Crippen LogP contribution in [-0.2, 0) is 4.74 Å². The average Bonchev–Trinajstić information content (AvgIpc) is 2.50. The highest BCUT2D eigenvalue weighted by Crippen LogP contribution is 2.54. The van der Waals surface area contributed by atoms with Crippen molar-refractivity contribution in [3.63, 3.8) is 0 Å². The summed E-state index contributed by atoms with van der Waals surface area (Å²) in [4.78, 5) is 0. The summed E-state index contributed by atoms with van der Waals surface area (Å²) in [5, 5.41) is 10.6. The van der Waals surface area contributed by atoms with Crippen LogP contribution in [0.5, 0.6) is 17.2 Å². The van der Waals surface area contributed by atoms with E-state index in [2.05, 4.69) is 26.8 Å². The van der Waals surface area contributed by atoms with E-state index in [9.17, 15) is 5.11 Å². The summed E-state index contributed by atoms with van der Waals surface area (Å²) in [6.07, 6.45) is 5.31. The predicted molar refractivity (Wildman–Crippen MR) is 94.0 cm³/mol. The van der Waals surface area contributed by atoms with Crippen molar-refractivity contribution in [2.75, 3.05) is 20.3 Å².